The molecule has 1 amide bonds. The van der Waals surface area contributed by atoms with Crippen molar-refractivity contribution in [3.63, 3.8) is 0 Å². The lowest BCUT2D eigenvalue weighted by Gasteiger charge is -2.09. The van der Waals surface area contributed by atoms with Crippen LogP contribution in [0.15, 0.2) is 29.6 Å². The van der Waals surface area contributed by atoms with E-state index in [0.29, 0.717) is 10.9 Å². The van der Waals surface area contributed by atoms with Gasteiger partial charge in [-0.05, 0) is 25.0 Å². The quantitative estimate of drug-likeness (QED) is 0.788. The van der Waals surface area contributed by atoms with Crippen LogP contribution < -0.4 is 10.1 Å². The lowest BCUT2D eigenvalue weighted by atomic mass is 10.1. The average Bonchev–Trinajstić information content (AvgIpc) is 3.02. The molecule has 1 aromatic carbocycles. The van der Waals surface area contributed by atoms with Crippen molar-refractivity contribution in [1.29, 1.82) is 0 Å². The van der Waals surface area contributed by atoms with Gasteiger partial charge in [0.25, 0.3) is 5.91 Å². The molecule has 0 aliphatic carbocycles. The normalized spacial score (nSPS) is 10.2. The van der Waals surface area contributed by atoms with E-state index in [4.69, 9.17) is 9.47 Å². The molecule has 1 aromatic heterocycles. The van der Waals surface area contributed by atoms with Crippen LogP contribution in [0.4, 0.5) is 5.13 Å². The zero-order valence-corrected chi connectivity index (χ0v) is 13.8. The lowest BCUT2D eigenvalue weighted by Crippen LogP contribution is -2.20. The molecule has 0 saturated carbocycles. The van der Waals surface area contributed by atoms with Gasteiger partial charge in [0.05, 0.1) is 6.61 Å². The van der Waals surface area contributed by atoms with Crippen LogP contribution in [0.25, 0.3) is 0 Å². The van der Waals surface area contributed by atoms with Crippen molar-refractivity contribution in [1.82, 2.24) is 4.98 Å². The number of anilines is 1. The van der Waals surface area contributed by atoms with Crippen LogP contribution in [-0.2, 0) is 16.0 Å². The number of amides is 1. The summed E-state index contributed by atoms with van der Waals surface area (Å²) >= 11 is 1.16. The molecule has 0 unspecified atom stereocenters. The Balaban J connectivity index is 1.89. The summed E-state index contributed by atoms with van der Waals surface area (Å²) in [5.41, 5.74) is 1.23. The van der Waals surface area contributed by atoms with Crippen molar-refractivity contribution in [2.24, 2.45) is 0 Å². The third kappa shape index (κ3) is 4.79. The maximum absolute atomic E-state index is 11.9. The maximum Gasteiger partial charge on any atom is 0.357 e. The second kappa shape index (κ2) is 8.28. The minimum Gasteiger partial charge on any atom is -0.483 e. The topological polar surface area (TPSA) is 77.5 Å². The van der Waals surface area contributed by atoms with Gasteiger partial charge in [-0.15, -0.1) is 11.3 Å². The highest BCUT2D eigenvalue weighted by atomic mass is 32.1. The van der Waals surface area contributed by atoms with Gasteiger partial charge < -0.3 is 9.47 Å². The van der Waals surface area contributed by atoms with Crippen molar-refractivity contribution in [2.75, 3.05) is 18.5 Å². The Morgan fingerprint density at radius 3 is 2.78 bits per heavy atom. The number of ether oxygens (including phenoxy) is 2. The minimum absolute atomic E-state index is 0.120. The predicted molar refractivity (Wildman–Crippen MR) is 88.0 cm³/mol. The van der Waals surface area contributed by atoms with E-state index >= 15 is 0 Å². The van der Waals surface area contributed by atoms with Gasteiger partial charge >= 0.3 is 5.97 Å². The number of carbonyl (C=O) groups is 2. The third-order valence-corrected chi connectivity index (χ3v) is 3.71. The van der Waals surface area contributed by atoms with E-state index in [2.05, 4.69) is 10.3 Å². The summed E-state index contributed by atoms with van der Waals surface area (Å²) in [5, 5.41) is 4.48. The van der Waals surface area contributed by atoms with Crippen LogP contribution in [0.1, 0.15) is 29.9 Å². The van der Waals surface area contributed by atoms with Crippen LogP contribution in [0.2, 0.25) is 0 Å². The van der Waals surface area contributed by atoms with Crippen LogP contribution in [0.5, 0.6) is 5.75 Å². The molecule has 0 aliphatic rings. The highest BCUT2D eigenvalue weighted by Crippen LogP contribution is 2.19. The summed E-state index contributed by atoms with van der Waals surface area (Å²) < 4.78 is 10.4. The van der Waals surface area contributed by atoms with Gasteiger partial charge in [-0.2, -0.15) is 0 Å². The van der Waals surface area contributed by atoms with Gasteiger partial charge in [0.1, 0.15) is 5.75 Å². The van der Waals surface area contributed by atoms with Crippen molar-refractivity contribution in [2.45, 2.75) is 20.3 Å². The SMILES string of the molecule is CCOC(=O)c1csc(NC(=O)COc2ccccc2CC)n1. The first-order valence-corrected chi connectivity index (χ1v) is 8.15. The minimum atomic E-state index is -0.502. The molecule has 2 rings (SSSR count). The number of thiazole rings is 1. The number of carbonyl (C=O) groups excluding carboxylic acids is 2. The van der Waals surface area contributed by atoms with E-state index in [-0.39, 0.29) is 24.8 Å². The summed E-state index contributed by atoms with van der Waals surface area (Å²) in [5.74, 6) is -0.144. The third-order valence-electron chi connectivity index (χ3n) is 2.95. The van der Waals surface area contributed by atoms with E-state index in [1.807, 2.05) is 31.2 Å². The van der Waals surface area contributed by atoms with E-state index in [1.54, 1.807) is 12.3 Å². The fourth-order valence-corrected chi connectivity index (χ4v) is 2.56. The zero-order valence-electron chi connectivity index (χ0n) is 13.0. The monoisotopic (exact) mass is 334 g/mol. The molecule has 0 spiro atoms. The summed E-state index contributed by atoms with van der Waals surface area (Å²) in [6.07, 6.45) is 0.827. The lowest BCUT2D eigenvalue weighted by molar-refractivity contribution is -0.118. The van der Waals surface area contributed by atoms with Crippen LogP contribution in [0.3, 0.4) is 0 Å². The summed E-state index contributed by atoms with van der Waals surface area (Å²) in [6, 6.07) is 7.57. The van der Waals surface area contributed by atoms with Gasteiger partial charge in [0.2, 0.25) is 0 Å². The molecule has 0 radical (unpaired) electrons. The molecule has 6 nitrogen and oxygen atoms in total. The number of nitrogens with one attached hydrogen (secondary N) is 1. The van der Waals surface area contributed by atoms with E-state index in [1.165, 1.54) is 0 Å². The smallest absolute Gasteiger partial charge is 0.357 e. The number of benzene rings is 1. The molecule has 0 fully saturated rings. The second-order valence-corrected chi connectivity index (χ2v) is 5.41. The fraction of sp³-hybridized carbons (Fsp3) is 0.312. The van der Waals surface area contributed by atoms with Gasteiger partial charge in [-0.1, -0.05) is 25.1 Å². The molecule has 0 saturated heterocycles. The van der Waals surface area contributed by atoms with Gasteiger partial charge in [0.15, 0.2) is 17.4 Å². The summed E-state index contributed by atoms with van der Waals surface area (Å²) in [7, 11) is 0. The van der Waals surface area contributed by atoms with Crippen LogP contribution >= 0.6 is 11.3 Å². The van der Waals surface area contributed by atoms with Crippen LogP contribution in [-0.4, -0.2) is 30.1 Å². The summed E-state index contributed by atoms with van der Waals surface area (Å²) in [6.45, 7) is 3.90. The Bertz CT molecular complexity index is 684. The molecule has 7 heteroatoms. The first-order chi connectivity index (χ1) is 11.1. The van der Waals surface area contributed by atoms with Crippen molar-refractivity contribution < 1.29 is 19.1 Å². The Morgan fingerprint density at radius 1 is 1.26 bits per heavy atom. The second-order valence-electron chi connectivity index (χ2n) is 4.56. The van der Waals surface area contributed by atoms with Gasteiger partial charge in [0, 0.05) is 5.38 Å². The number of aromatic nitrogens is 1. The molecule has 0 bridgehead atoms. The van der Waals surface area contributed by atoms with Crippen molar-refractivity contribution in [3.8, 4) is 5.75 Å². The van der Waals surface area contributed by atoms with Gasteiger partial charge in [-0.3, -0.25) is 10.1 Å². The molecule has 1 heterocycles. The van der Waals surface area contributed by atoms with Crippen molar-refractivity contribution >= 4 is 28.3 Å². The molecule has 0 atom stereocenters. The Morgan fingerprint density at radius 2 is 2.04 bits per heavy atom. The number of nitrogens with zero attached hydrogens (tertiary/aromatic N) is 1. The Kier molecular flexibility index (Phi) is 6.10. The number of aryl methyl sites for hydroxylation is 1. The number of esters is 1. The number of rotatable bonds is 7. The van der Waals surface area contributed by atoms with E-state index < -0.39 is 5.97 Å². The van der Waals surface area contributed by atoms with Crippen LogP contribution in [0, 0.1) is 0 Å². The highest BCUT2D eigenvalue weighted by Gasteiger charge is 2.13. The van der Waals surface area contributed by atoms with Crippen molar-refractivity contribution in [3.05, 3.63) is 40.9 Å². The largest absolute Gasteiger partial charge is 0.483 e. The first kappa shape index (κ1) is 17.0. The Hall–Kier alpha value is -2.41. The molecular formula is C16H18N2O4S. The number of para-hydroxylation sites is 1. The predicted octanol–water partition coefficient (Wildman–Crippen LogP) is 2.90. The highest BCUT2D eigenvalue weighted by molar-refractivity contribution is 7.14. The molecule has 1 N–H and O–H groups in total. The molecule has 0 aliphatic heterocycles. The number of hydrogen-bond donors (Lipinski definition) is 1. The maximum atomic E-state index is 11.9. The molecule has 2 aromatic rings. The summed E-state index contributed by atoms with van der Waals surface area (Å²) in [4.78, 5) is 27.4. The average molecular weight is 334 g/mol. The fourth-order valence-electron chi connectivity index (χ4n) is 1.87. The first-order valence-electron chi connectivity index (χ1n) is 7.27. The van der Waals surface area contributed by atoms with Gasteiger partial charge in [-0.25, -0.2) is 9.78 Å². The zero-order chi connectivity index (χ0) is 16.7. The Labute approximate surface area is 138 Å². The number of hydrogen-bond acceptors (Lipinski definition) is 6. The molecular weight excluding hydrogens is 316 g/mol. The molecule has 122 valence electrons. The van der Waals surface area contributed by atoms with E-state index in [9.17, 15) is 9.59 Å². The standard InChI is InChI=1S/C16H18N2O4S/c1-3-11-7-5-6-8-13(11)22-9-14(19)18-16-17-12(10-23-16)15(20)21-4-2/h5-8,10H,3-4,9H2,1-2H3,(H,17,18,19). The molecule has 23 heavy (non-hydrogen) atoms. The van der Waals surface area contributed by atoms with E-state index in [0.717, 1.165) is 23.3 Å².